The molecule has 0 spiro atoms. The number of carbonyl (C=O) groups is 1. The average molecular weight is 553 g/mol. The van der Waals surface area contributed by atoms with Crippen LogP contribution >= 0.6 is 11.5 Å². The van der Waals surface area contributed by atoms with Crippen LogP contribution in [-0.4, -0.2) is 36.8 Å². The Bertz CT molecular complexity index is 1610. The Morgan fingerprint density at radius 1 is 1.13 bits per heavy atom. The summed E-state index contributed by atoms with van der Waals surface area (Å²) in [6.45, 7) is 0.103. The molecular weight excluding hydrogens is 529 g/mol. The Balaban J connectivity index is 1.24. The van der Waals surface area contributed by atoms with E-state index in [4.69, 9.17) is 4.98 Å². The molecule has 39 heavy (non-hydrogen) atoms. The van der Waals surface area contributed by atoms with Crippen molar-refractivity contribution in [3.63, 3.8) is 0 Å². The summed E-state index contributed by atoms with van der Waals surface area (Å²) in [5.41, 5.74) is 2.20. The predicted octanol–water partition coefficient (Wildman–Crippen LogP) is 4.61. The second-order valence-electron chi connectivity index (χ2n) is 9.95. The van der Waals surface area contributed by atoms with Crippen LogP contribution in [0.2, 0.25) is 0 Å². The third-order valence-electron chi connectivity index (χ3n) is 7.53. The van der Waals surface area contributed by atoms with E-state index < -0.39 is 23.8 Å². The normalized spacial score (nSPS) is 17.0. The summed E-state index contributed by atoms with van der Waals surface area (Å²) in [6, 6.07) is 12.2. The van der Waals surface area contributed by atoms with Gasteiger partial charge in [0.15, 0.2) is 6.10 Å². The van der Waals surface area contributed by atoms with Crippen LogP contribution in [-0.2, 0) is 29.4 Å². The number of halogens is 3. The van der Waals surface area contributed by atoms with E-state index in [0.717, 1.165) is 47.7 Å². The zero-order valence-electron chi connectivity index (χ0n) is 20.5. The molecular formula is C28H23F3N4O3S. The molecule has 0 saturated heterocycles. The van der Waals surface area contributed by atoms with Gasteiger partial charge in [0, 0.05) is 30.1 Å². The number of aliphatic hydroxyl groups excluding tert-OH is 1. The summed E-state index contributed by atoms with van der Waals surface area (Å²) < 4.78 is 43.4. The summed E-state index contributed by atoms with van der Waals surface area (Å²) in [7, 11) is 0. The number of carbonyl (C=O) groups excluding carboxylic acids is 1. The fraction of sp³-hybridized carbons (Fsp3) is 0.286. The molecule has 2 aromatic heterocycles. The minimum Gasteiger partial charge on any atom is -0.378 e. The summed E-state index contributed by atoms with van der Waals surface area (Å²) >= 11 is 1.38. The van der Waals surface area contributed by atoms with Crippen LogP contribution in [0.1, 0.15) is 52.7 Å². The smallest absolute Gasteiger partial charge is 0.378 e. The lowest BCUT2D eigenvalue weighted by Gasteiger charge is -2.30. The molecule has 3 heterocycles. The van der Waals surface area contributed by atoms with E-state index in [1.165, 1.54) is 22.5 Å². The van der Waals surface area contributed by atoms with Crippen LogP contribution in [0.15, 0.2) is 64.9 Å². The molecule has 0 radical (unpaired) electrons. The molecule has 1 atom stereocenters. The molecule has 0 bridgehead atoms. The topological polar surface area (TPSA) is 99.2 Å². The SMILES string of the molecule is O=C(C(O)c1cccc(C(F)(F)F)c1)N1CCc2nc(C3(c4cccc(-c5cnsc5)c4)CC3)[nH]c(=O)c2C1. The maximum absolute atomic E-state index is 13.2. The lowest BCUT2D eigenvalue weighted by molar-refractivity contribution is -0.142. The van der Waals surface area contributed by atoms with Gasteiger partial charge in [-0.3, -0.25) is 9.59 Å². The molecule has 7 nitrogen and oxygen atoms in total. The average Bonchev–Trinajstić information content (AvgIpc) is 3.57. The summed E-state index contributed by atoms with van der Waals surface area (Å²) in [4.78, 5) is 35.2. The van der Waals surface area contributed by atoms with Gasteiger partial charge in [-0.15, -0.1) is 0 Å². The van der Waals surface area contributed by atoms with Crippen molar-refractivity contribution in [3.8, 4) is 11.1 Å². The van der Waals surface area contributed by atoms with Crippen LogP contribution in [0, 0.1) is 0 Å². The van der Waals surface area contributed by atoms with Gasteiger partial charge in [0.1, 0.15) is 5.82 Å². The largest absolute Gasteiger partial charge is 0.416 e. The Labute approximate surface area is 225 Å². The van der Waals surface area contributed by atoms with Gasteiger partial charge in [0.05, 0.1) is 28.8 Å². The molecule has 1 saturated carbocycles. The van der Waals surface area contributed by atoms with Crippen molar-refractivity contribution in [2.75, 3.05) is 6.54 Å². The van der Waals surface area contributed by atoms with Crippen molar-refractivity contribution in [3.05, 3.63) is 104 Å². The number of alkyl halides is 3. The first-order valence-electron chi connectivity index (χ1n) is 12.4. The van der Waals surface area contributed by atoms with Gasteiger partial charge in [0.25, 0.3) is 11.5 Å². The van der Waals surface area contributed by atoms with Gasteiger partial charge >= 0.3 is 6.18 Å². The van der Waals surface area contributed by atoms with Gasteiger partial charge in [-0.05, 0) is 53.2 Å². The van der Waals surface area contributed by atoms with Crippen molar-refractivity contribution >= 4 is 17.4 Å². The minimum absolute atomic E-state index is 0.0829. The number of nitrogens with zero attached hydrogens (tertiary/aromatic N) is 3. The highest BCUT2D eigenvalue weighted by Gasteiger charge is 2.49. The van der Waals surface area contributed by atoms with E-state index in [2.05, 4.69) is 15.4 Å². The standard InChI is InChI=1S/C28H23F3N4O3S/c29-28(30,31)20-6-2-4-17(12-20)23(36)25(38)35-10-7-22-21(14-35)24(37)34-26(33-22)27(8-9-27)19-5-1-3-16(11-19)18-13-32-39-15-18/h1-6,11-13,15,23,36H,7-10,14H2,(H,33,34,37). The molecule has 2 aromatic carbocycles. The van der Waals surface area contributed by atoms with E-state index in [1.807, 2.05) is 29.8 Å². The summed E-state index contributed by atoms with van der Waals surface area (Å²) in [6.07, 6.45) is -2.58. The predicted molar refractivity (Wildman–Crippen MR) is 138 cm³/mol. The summed E-state index contributed by atoms with van der Waals surface area (Å²) in [5, 5.41) is 12.5. The lowest BCUT2D eigenvalue weighted by Crippen LogP contribution is -2.42. The van der Waals surface area contributed by atoms with Crippen molar-refractivity contribution < 1.29 is 23.1 Å². The first kappa shape index (κ1) is 25.4. The molecule has 1 fully saturated rings. The van der Waals surface area contributed by atoms with Crippen LogP contribution < -0.4 is 5.56 Å². The van der Waals surface area contributed by atoms with Crippen LogP contribution in [0.5, 0.6) is 0 Å². The third kappa shape index (κ3) is 4.65. The van der Waals surface area contributed by atoms with Crippen LogP contribution in [0.25, 0.3) is 11.1 Å². The van der Waals surface area contributed by atoms with Gasteiger partial charge in [-0.25, -0.2) is 9.36 Å². The molecule has 200 valence electrons. The van der Waals surface area contributed by atoms with E-state index in [1.54, 1.807) is 0 Å². The number of aromatic amines is 1. The zero-order chi connectivity index (χ0) is 27.4. The Morgan fingerprint density at radius 3 is 2.64 bits per heavy atom. The maximum atomic E-state index is 13.2. The highest BCUT2D eigenvalue weighted by molar-refractivity contribution is 7.03. The first-order chi connectivity index (χ1) is 18.7. The van der Waals surface area contributed by atoms with Gasteiger partial charge < -0.3 is 15.0 Å². The second kappa shape index (κ2) is 9.42. The Kier molecular flexibility index (Phi) is 6.15. The van der Waals surface area contributed by atoms with Gasteiger partial charge in [-0.2, -0.15) is 13.2 Å². The number of amides is 1. The molecule has 6 rings (SSSR count). The Hall–Kier alpha value is -3.83. The van der Waals surface area contributed by atoms with Crippen molar-refractivity contribution in [1.29, 1.82) is 0 Å². The number of aliphatic hydroxyl groups is 1. The van der Waals surface area contributed by atoms with E-state index in [9.17, 15) is 27.9 Å². The number of aromatic nitrogens is 3. The number of hydrogen-bond donors (Lipinski definition) is 2. The van der Waals surface area contributed by atoms with Gasteiger partial charge in [-0.1, -0.05) is 36.4 Å². The summed E-state index contributed by atoms with van der Waals surface area (Å²) in [5.74, 6) is -0.169. The minimum atomic E-state index is -4.60. The quantitative estimate of drug-likeness (QED) is 0.377. The highest BCUT2D eigenvalue weighted by atomic mass is 32.1. The van der Waals surface area contributed by atoms with E-state index in [-0.39, 0.29) is 29.6 Å². The van der Waals surface area contributed by atoms with Crippen molar-refractivity contribution in [2.45, 2.75) is 43.5 Å². The number of H-pyrrole nitrogens is 1. The molecule has 2 aliphatic rings. The number of fused-ring (bicyclic) bond motifs is 1. The monoisotopic (exact) mass is 552 g/mol. The number of hydrogen-bond acceptors (Lipinski definition) is 6. The Morgan fingerprint density at radius 2 is 1.92 bits per heavy atom. The maximum Gasteiger partial charge on any atom is 0.416 e. The zero-order valence-corrected chi connectivity index (χ0v) is 21.4. The molecule has 1 aliphatic heterocycles. The van der Waals surface area contributed by atoms with Gasteiger partial charge in [0.2, 0.25) is 0 Å². The lowest BCUT2D eigenvalue weighted by atomic mass is 9.92. The van der Waals surface area contributed by atoms with Crippen LogP contribution in [0.4, 0.5) is 13.2 Å². The molecule has 1 unspecified atom stereocenters. The first-order valence-corrected chi connectivity index (χ1v) is 13.3. The van der Waals surface area contributed by atoms with Crippen molar-refractivity contribution in [2.24, 2.45) is 0 Å². The molecule has 4 aromatic rings. The number of nitrogens with one attached hydrogen (secondary N) is 1. The molecule has 1 amide bonds. The molecule has 11 heteroatoms. The van der Waals surface area contributed by atoms with Crippen LogP contribution in [0.3, 0.4) is 0 Å². The second-order valence-corrected chi connectivity index (χ2v) is 10.6. The third-order valence-corrected chi connectivity index (χ3v) is 8.11. The molecule has 2 N–H and O–H groups in total. The fourth-order valence-corrected chi connectivity index (χ4v) is 5.72. The fourth-order valence-electron chi connectivity index (χ4n) is 5.17. The number of benzene rings is 2. The van der Waals surface area contributed by atoms with E-state index >= 15 is 0 Å². The number of rotatable bonds is 5. The van der Waals surface area contributed by atoms with E-state index in [0.29, 0.717) is 23.5 Å². The van der Waals surface area contributed by atoms with Crippen molar-refractivity contribution in [1.82, 2.24) is 19.2 Å². The molecule has 1 aliphatic carbocycles. The highest BCUT2D eigenvalue weighted by Crippen LogP contribution is 2.52.